The lowest BCUT2D eigenvalue weighted by Crippen LogP contribution is -2.31. The van der Waals surface area contributed by atoms with E-state index in [-0.39, 0.29) is 5.56 Å². The summed E-state index contributed by atoms with van der Waals surface area (Å²) in [5.74, 6) is -3.65. The second-order valence-corrected chi connectivity index (χ2v) is 9.99. The highest BCUT2D eigenvalue weighted by molar-refractivity contribution is 7.13. The maximum atomic E-state index is 12.7. The first-order chi connectivity index (χ1) is 18.4. The lowest BCUT2D eigenvalue weighted by atomic mass is 9.82. The van der Waals surface area contributed by atoms with Crippen LogP contribution in [0.15, 0.2) is 71.2 Å². The number of imidazole rings is 1. The standard InChI is InChI=1S/C25H21ClN4O2S.C2H2O4/c1-15-13-33-24(28-15)20-11-23(31)30(3)21-9-6-17(10-19(20)21)25(32,22-12-27-14-29(22)2)16-4-7-18(26)8-5-16;3-1(4)2(5)6/h4-14,32H,1-3H3;(H,3,4)(H,5,6). The van der Waals surface area contributed by atoms with Crippen LogP contribution in [-0.2, 0) is 29.3 Å². The summed E-state index contributed by atoms with van der Waals surface area (Å²) in [6.07, 6.45) is 3.31. The summed E-state index contributed by atoms with van der Waals surface area (Å²) in [6, 6.07) is 14.4. The quantitative estimate of drug-likeness (QED) is 0.278. The van der Waals surface area contributed by atoms with Crippen molar-refractivity contribution >= 4 is 45.8 Å². The van der Waals surface area contributed by atoms with Crippen LogP contribution in [0.5, 0.6) is 0 Å². The SMILES string of the molecule is Cc1csc(-c2cc(=O)n(C)c3ccc(C(O)(c4ccc(Cl)cc4)c4cncn4C)cc23)n1.O=C(O)C(=O)O. The van der Waals surface area contributed by atoms with Crippen molar-refractivity contribution in [3.63, 3.8) is 0 Å². The topological polar surface area (TPSA) is 148 Å². The predicted molar refractivity (Wildman–Crippen MR) is 147 cm³/mol. The molecule has 3 heterocycles. The van der Waals surface area contributed by atoms with Gasteiger partial charge in [0, 0.05) is 47.2 Å². The van der Waals surface area contributed by atoms with Crippen LogP contribution in [0.4, 0.5) is 0 Å². The Kier molecular flexibility index (Phi) is 7.68. The number of carboxylic acids is 2. The van der Waals surface area contributed by atoms with Gasteiger partial charge in [-0.05, 0) is 42.3 Å². The number of carbonyl (C=O) groups is 2. The molecule has 200 valence electrons. The Morgan fingerprint density at radius 1 is 1.00 bits per heavy atom. The molecule has 1 atom stereocenters. The van der Waals surface area contributed by atoms with Gasteiger partial charge in [-0.25, -0.2) is 19.6 Å². The molecule has 0 spiro atoms. The molecule has 5 aromatic rings. The molecule has 0 aliphatic heterocycles. The third-order valence-electron chi connectivity index (χ3n) is 6.15. The first-order valence-electron chi connectivity index (χ1n) is 11.4. The second-order valence-electron chi connectivity index (χ2n) is 8.70. The lowest BCUT2D eigenvalue weighted by Gasteiger charge is -2.30. The number of nitrogens with zero attached hydrogens (tertiary/aromatic N) is 4. The van der Waals surface area contributed by atoms with Crippen molar-refractivity contribution in [3.05, 3.63) is 104 Å². The van der Waals surface area contributed by atoms with Gasteiger partial charge in [-0.1, -0.05) is 29.8 Å². The Hall–Kier alpha value is -4.32. The van der Waals surface area contributed by atoms with Crippen LogP contribution in [0.2, 0.25) is 5.02 Å². The highest BCUT2D eigenvalue weighted by atomic mass is 35.5. The van der Waals surface area contributed by atoms with Gasteiger partial charge in [0.05, 0.1) is 23.7 Å². The first-order valence-corrected chi connectivity index (χ1v) is 12.7. The van der Waals surface area contributed by atoms with E-state index in [1.54, 1.807) is 46.9 Å². The summed E-state index contributed by atoms with van der Waals surface area (Å²) < 4.78 is 3.40. The van der Waals surface area contributed by atoms with E-state index < -0.39 is 17.5 Å². The number of pyridine rings is 1. The number of rotatable bonds is 4. The van der Waals surface area contributed by atoms with E-state index in [0.717, 1.165) is 27.2 Å². The zero-order valence-electron chi connectivity index (χ0n) is 21.0. The fraction of sp³-hybridized carbons (Fsp3) is 0.148. The van der Waals surface area contributed by atoms with E-state index in [2.05, 4.69) is 9.97 Å². The number of aryl methyl sites for hydroxylation is 3. The van der Waals surface area contributed by atoms with Crippen LogP contribution in [0.25, 0.3) is 21.5 Å². The van der Waals surface area contributed by atoms with Gasteiger partial charge in [0.15, 0.2) is 5.60 Å². The average molecular weight is 567 g/mol. The summed E-state index contributed by atoms with van der Waals surface area (Å²) in [5.41, 5.74) is 2.72. The molecule has 39 heavy (non-hydrogen) atoms. The van der Waals surface area contributed by atoms with Crippen molar-refractivity contribution in [1.29, 1.82) is 0 Å². The Labute approximate surface area is 231 Å². The van der Waals surface area contributed by atoms with E-state index in [1.807, 2.05) is 49.7 Å². The number of thiazole rings is 1. The van der Waals surface area contributed by atoms with Crippen LogP contribution in [0.1, 0.15) is 22.5 Å². The van der Waals surface area contributed by atoms with Crippen LogP contribution < -0.4 is 5.56 Å². The molecule has 0 saturated carbocycles. The summed E-state index contributed by atoms with van der Waals surface area (Å²) in [4.78, 5) is 39.7. The van der Waals surface area contributed by atoms with Gasteiger partial charge in [-0.2, -0.15) is 0 Å². The van der Waals surface area contributed by atoms with Crippen LogP contribution >= 0.6 is 22.9 Å². The predicted octanol–water partition coefficient (Wildman–Crippen LogP) is 3.80. The van der Waals surface area contributed by atoms with Gasteiger partial charge in [0.25, 0.3) is 5.56 Å². The molecule has 0 radical (unpaired) electrons. The summed E-state index contributed by atoms with van der Waals surface area (Å²) >= 11 is 7.62. The van der Waals surface area contributed by atoms with Gasteiger partial charge in [0.1, 0.15) is 5.01 Å². The zero-order valence-corrected chi connectivity index (χ0v) is 22.6. The van der Waals surface area contributed by atoms with Gasteiger partial charge < -0.3 is 24.5 Å². The number of hydrogen-bond donors (Lipinski definition) is 3. The molecule has 0 aliphatic carbocycles. The lowest BCUT2D eigenvalue weighted by molar-refractivity contribution is -0.159. The molecular formula is C27H23ClN4O6S. The van der Waals surface area contributed by atoms with Gasteiger partial charge in [-0.15, -0.1) is 11.3 Å². The number of aliphatic hydroxyl groups is 1. The van der Waals surface area contributed by atoms with Crippen LogP contribution in [0, 0.1) is 6.92 Å². The highest BCUT2D eigenvalue weighted by Gasteiger charge is 2.37. The summed E-state index contributed by atoms with van der Waals surface area (Å²) in [6.45, 7) is 1.93. The maximum absolute atomic E-state index is 12.7. The Morgan fingerprint density at radius 3 is 2.18 bits per heavy atom. The summed E-state index contributed by atoms with van der Waals surface area (Å²) in [7, 11) is 3.59. The van der Waals surface area contributed by atoms with E-state index in [4.69, 9.17) is 31.4 Å². The van der Waals surface area contributed by atoms with Crippen LogP contribution in [0.3, 0.4) is 0 Å². The molecule has 0 saturated heterocycles. The normalized spacial score (nSPS) is 12.4. The minimum Gasteiger partial charge on any atom is -0.473 e. The largest absolute Gasteiger partial charge is 0.473 e. The molecule has 2 aromatic carbocycles. The monoisotopic (exact) mass is 566 g/mol. The first kappa shape index (κ1) is 27.7. The molecule has 10 nitrogen and oxygen atoms in total. The summed E-state index contributed by atoms with van der Waals surface area (Å²) in [5, 5.41) is 31.2. The molecule has 1 unspecified atom stereocenters. The van der Waals surface area contributed by atoms with Crippen molar-refractivity contribution < 1.29 is 24.9 Å². The second kappa shape index (κ2) is 10.8. The fourth-order valence-corrected chi connectivity index (χ4v) is 5.15. The smallest absolute Gasteiger partial charge is 0.414 e. The van der Waals surface area contributed by atoms with Crippen molar-refractivity contribution in [3.8, 4) is 10.6 Å². The number of aliphatic carboxylic acids is 2. The number of fused-ring (bicyclic) bond motifs is 1. The van der Waals surface area contributed by atoms with Crippen molar-refractivity contribution in [2.75, 3.05) is 0 Å². The third kappa shape index (κ3) is 5.32. The minimum atomic E-state index is -1.82. The van der Waals surface area contributed by atoms with Crippen molar-refractivity contribution in [1.82, 2.24) is 19.1 Å². The fourth-order valence-electron chi connectivity index (χ4n) is 4.20. The molecule has 3 aromatic heterocycles. The van der Waals surface area contributed by atoms with Gasteiger partial charge in [0.2, 0.25) is 0 Å². The number of hydrogen-bond acceptors (Lipinski definition) is 7. The maximum Gasteiger partial charge on any atom is 0.414 e. The zero-order chi connectivity index (χ0) is 28.5. The van der Waals surface area contributed by atoms with E-state index in [0.29, 0.717) is 21.8 Å². The Balaban J connectivity index is 0.000000531. The van der Waals surface area contributed by atoms with E-state index >= 15 is 0 Å². The third-order valence-corrected chi connectivity index (χ3v) is 7.39. The van der Waals surface area contributed by atoms with Crippen molar-refractivity contribution in [2.45, 2.75) is 12.5 Å². The number of carboxylic acid groups (broad SMARTS) is 2. The molecule has 5 rings (SSSR count). The number of halogens is 1. The van der Waals surface area contributed by atoms with Crippen LogP contribution in [-0.4, -0.2) is 46.4 Å². The van der Waals surface area contributed by atoms with Crippen molar-refractivity contribution in [2.24, 2.45) is 14.1 Å². The molecular weight excluding hydrogens is 544 g/mol. The molecule has 3 N–H and O–H groups in total. The Bertz CT molecular complexity index is 1750. The van der Waals surface area contributed by atoms with Gasteiger partial charge >= 0.3 is 11.9 Å². The minimum absolute atomic E-state index is 0.113. The number of aromatic nitrogens is 4. The molecule has 0 aliphatic rings. The van der Waals surface area contributed by atoms with E-state index in [9.17, 15) is 9.90 Å². The molecule has 0 fully saturated rings. The highest BCUT2D eigenvalue weighted by Crippen LogP contribution is 2.39. The van der Waals surface area contributed by atoms with E-state index in [1.165, 1.54) is 11.3 Å². The Morgan fingerprint density at radius 2 is 1.64 bits per heavy atom. The molecule has 12 heteroatoms. The average Bonchev–Trinajstić information content (AvgIpc) is 3.54. The molecule has 0 bridgehead atoms. The molecule has 0 amide bonds. The van der Waals surface area contributed by atoms with Gasteiger partial charge in [-0.3, -0.25) is 4.79 Å². The number of benzene rings is 2.